The van der Waals surface area contributed by atoms with Gasteiger partial charge in [-0.05, 0) is 19.9 Å². The number of hydrogen-bond acceptors (Lipinski definition) is 5. The lowest BCUT2D eigenvalue weighted by atomic mass is 10.2. The van der Waals surface area contributed by atoms with Crippen LogP contribution in [0.1, 0.15) is 27.2 Å². The van der Waals surface area contributed by atoms with Crippen LogP contribution in [-0.2, 0) is 14.4 Å². The van der Waals surface area contributed by atoms with Crippen molar-refractivity contribution >= 4 is 11.7 Å². The zero-order valence-corrected chi connectivity index (χ0v) is 10.8. The highest BCUT2D eigenvalue weighted by Gasteiger charge is 2.32. The van der Waals surface area contributed by atoms with E-state index >= 15 is 0 Å². The highest BCUT2D eigenvalue weighted by atomic mass is 19.2. The molecule has 6 nitrogen and oxygen atoms in total. The Morgan fingerprint density at radius 2 is 2.00 bits per heavy atom. The van der Waals surface area contributed by atoms with Crippen LogP contribution >= 0.6 is 0 Å². The molecule has 1 rings (SSSR count). The normalized spacial score (nSPS) is 21.0. The average Bonchev–Trinajstić information content (AvgIpc) is 2.80. The fourth-order valence-electron chi connectivity index (χ4n) is 1.20. The number of amides is 1. The molecule has 1 aliphatic heterocycles. The maximum absolute atomic E-state index is 13.0. The van der Waals surface area contributed by atoms with Gasteiger partial charge in [0.2, 0.25) is 0 Å². The smallest absolute Gasteiger partial charge is 0.263 e. The van der Waals surface area contributed by atoms with Crippen LogP contribution in [0.15, 0.2) is 0 Å². The number of ketones is 1. The van der Waals surface area contributed by atoms with Gasteiger partial charge >= 0.3 is 0 Å². The predicted molar refractivity (Wildman–Crippen MR) is 62.7 cm³/mol. The Morgan fingerprint density at radius 1 is 1.44 bits per heavy atom. The summed E-state index contributed by atoms with van der Waals surface area (Å²) in [4.78, 5) is 26.2. The first kappa shape index (κ1) is 19.2. The van der Waals surface area contributed by atoms with Crippen molar-refractivity contribution in [3.63, 3.8) is 0 Å². The Labute approximate surface area is 105 Å². The molecule has 0 spiro atoms. The molecule has 1 amide bonds. The minimum absolute atomic E-state index is 0.199. The van der Waals surface area contributed by atoms with Crippen LogP contribution in [-0.4, -0.2) is 37.1 Å². The van der Waals surface area contributed by atoms with Crippen LogP contribution in [0.5, 0.6) is 0 Å². The summed E-state index contributed by atoms with van der Waals surface area (Å²) in [6.07, 6.45) is -0.860. The Morgan fingerprint density at radius 3 is 2.39 bits per heavy atom. The number of nitrogens with one attached hydrogen (secondary N) is 2. The van der Waals surface area contributed by atoms with Crippen LogP contribution in [0.25, 0.3) is 0 Å². The second-order valence-corrected chi connectivity index (χ2v) is 3.19. The van der Waals surface area contributed by atoms with Gasteiger partial charge in [-0.15, -0.1) is 4.48 Å². The summed E-state index contributed by atoms with van der Waals surface area (Å²) in [6.45, 7) is 5.61. The summed E-state index contributed by atoms with van der Waals surface area (Å²) in [6, 6.07) is -0.859. The van der Waals surface area contributed by atoms with E-state index in [1.54, 1.807) is 0 Å². The molecule has 0 bridgehead atoms. The molecule has 4 N–H and O–H groups in total. The Kier molecular flexibility index (Phi) is 13.2. The highest BCUT2D eigenvalue weighted by molar-refractivity contribution is 5.82. The summed E-state index contributed by atoms with van der Waals surface area (Å²) >= 11 is 0. The van der Waals surface area contributed by atoms with Gasteiger partial charge in [-0.3, -0.25) is 14.4 Å². The number of Topliss-reactive ketones (excluding diaryl/α,β-unsaturated/α-hetero) is 1. The van der Waals surface area contributed by atoms with Gasteiger partial charge in [0.05, 0.1) is 0 Å². The third kappa shape index (κ3) is 8.04. The lowest BCUT2D eigenvalue weighted by Crippen LogP contribution is -2.45. The molecule has 8 heteroatoms. The monoisotopic (exact) mass is 269 g/mol. The number of carbonyl (C=O) groups is 2. The standard InChI is InChI=1S/C8H13FN2O3.C2H6.FH2N/c1-5(12)4-14-11-8(13)7-6(9)2-3-10-7;2*1-2/h6-7,10H,2-4H2,1H3,(H,11,13);1-2H3;2H2/t6-,7+;;/m0../s1. The fraction of sp³-hybridized carbons (Fsp3) is 0.800. The SMILES string of the molecule is CC.CC(=O)CONC(=O)[C@@H]1NCC[C@@H]1F.NF. The van der Waals surface area contributed by atoms with Crippen LogP contribution < -0.4 is 16.8 Å². The van der Waals surface area contributed by atoms with E-state index in [-0.39, 0.29) is 12.4 Å². The second-order valence-electron chi connectivity index (χ2n) is 3.19. The van der Waals surface area contributed by atoms with Gasteiger partial charge in [0, 0.05) is 0 Å². The highest BCUT2D eigenvalue weighted by Crippen LogP contribution is 2.10. The number of nitrogens with two attached hydrogens (primary N) is 1. The molecule has 1 heterocycles. The number of hydrogen-bond donors (Lipinski definition) is 3. The lowest BCUT2D eigenvalue weighted by molar-refractivity contribution is -0.139. The molecule has 0 unspecified atom stereocenters. The first-order valence-corrected chi connectivity index (χ1v) is 5.61. The van der Waals surface area contributed by atoms with Crippen LogP contribution in [0.3, 0.4) is 0 Å². The van der Waals surface area contributed by atoms with E-state index in [0.29, 0.717) is 13.0 Å². The van der Waals surface area contributed by atoms with Crippen LogP contribution in [0, 0.1) is 0 Å². The van der Waals surface area contributed by atoms with E-state index in [2.05, 4.69) is 16.1 Å². The second kappa shape index (κ2) is 12.3. The summed E-state index contributed by atoms with van der Waals surface area (Å²) in [5.41, 5.74) is 2.02. The summed E-state index contributed by atoms with van der Waals surface area (Å²) in [7, 11) is 0. The molecular weight excluding hydrogens is 248 g/mol. The minimum atomic E-state index is -1.18. The number of carbonyl (C=O) groups excluding carboxylic acids is 2. The Bertz CT molecular complexity index is 242. The van der Waals surface area contributed by atoms with Gasteiger partial charge in [-0.1, -0.05) is 13.8 Å². The maximum Gasteiger partial charge on any atom is 0.263 e. The van der Waals surface area contributed by atoms with Crippen molar-refractivity contribution in [1.82, 2.24) is 10.8 Å². The van der Waals surface area contributed by atoms with E-state index in [1.165, 1.54) is 6.92 Å². The number of alkyl halides is 1. The van der Waals surface area contributed by atoms with Crippen molar-refractivity contribution in [3.05, 3.63) is 0 Å². The molecule has 0 saturated carbocycles. The molecule has 1 saturated heterocycles. The van der Waals surface area contributed by atoms with Gasteiger partial charge in [0.15, 0.2) is 5.78 Å². The molecule has 18 heavy (non-hydrogen) atoms. The summed E-state index contributed by atoms with van der Waals surface area (Å²) in [5, 5.41) is 2.69. The lowest BCUT2D eigenvalue weighted by Gasteiger charge is -2.12. The van der Waals surface area contributed by atoms with Gasteiger partial charge < -0.3 is 5.32 Å². The number of hydroxylamine groups is 1. The first-order chi connectivity index (χ1) is 8.61. The third-order valence-corrected chi connectivity index (χ3v) is 1.88. The van der Waals surface area contributed by atoms with E-state index in [0.717, 1.165) is 0 Å². The van der Waals surface area contributed by atoms with Crippen LogP contribution in [0.2, 0.25) is 0 Å². The van der Waals surface area contributed by atoms with Crippen LogP contribution in [0.4, 0.5) is 8.87 Å². The van der Waals surface area contributed by atoms with Crippen molar-refractivity contribution in [2.24, 2.45) is 5.96 Å². The fourth-order valence-corrected chi connectivity index (χ4v) is 1.20. The van der Waals surface area contributed by atoms with Gasteiger partial charge in [0.25, 0.3) is 5.91 Å². The van der Waals surface area contributed by atoms with Gasteiger partial charge in [-0.25, -0.2) is 9.87 Å². The van der Waals surface area contributed by atoms with Gasteiger partial charge in [-0.2, -0.15) is 5.96 Å². The quantitative estimate of drug-likeness (QED) is 0.500. The molecule has 0 aromatic carbocycles. The molecule has 1 fully saturated rings. The molecule has 2 atom stereocenters. The largest absolute Gasteiger partial charge is 0.303 e. The molecule has 108 valence electrons. The van der Waals surface area contributed by atoms with Crippen molar-refractivity contribution in [2.45, 2.75) is 39.4 Å². The van der Waals surface area contributed by atoms with Crippen molar-refractivity contribution < 1.29 is 23.3 Å². The summed E-state index contributed by atoms with van der Waals surface area (Å²) in [5.74, 6) is 2.22. The van der Waals surface area contributed by atoms with E-state index in [4.69, 9.17) is 4.48 Å². The van der Waals surface area contributed by atoms with Crippen molar-refractivity contribution in [1.29, 1.82) is 0 Å². The summed E-state index contributed by atoms with van der Waals surface area (Å²) < 4.78 is 22.0. The molecule has 0 aromatic heterocycles. The zero-order valence-electron chi connectivity index (χ0n) is 10.8. The van der Waals surface area contributed by atoms with Crippen molar-refractivity contribution in [2.75, 3.05) is 13.2 Å². The zero-order chi connectivity index (χ0) is 14.6. The number of rotatable bonds is 4. The van der Waals surface area contributed by atoms with Gasteiger partial charge in [0.1, 0.15) is 18.8 Å². The Hall–Kier alpha value is -1.12. The third-order valence-electron chi connectivity index (χ3n) is 1.88. The van der Waals surface area contributed by atoms with E-state index in [9.17, 15) is 14.0 Å². The molecule has 0 aliphatic carbocycles. The maximum atomic E-state index is 13.0. The first-order valence-electron chi connectivity index (χ1n) is 5.61. The topological polar surface area (TPSA) is 93.4 Å². The van der Waals surface area contributed by atoms with E-state index in [1.807, 2.05) is 19.3 Å². The molecular formula is C10H21F2N3O3. The molecule has 1 aliphatic rings. The molecule has 0 radical (unpaired) electrons. The van der Waals surface area contributed by atoms with E-state index < -0.39 is 18.1 Å². The van der Waals surface area contributed by atoms with Crippen molar-refractivity contribution in [3.8, 4) is 0 Å². The molecule has 0 aromatic rings. The Balaban J connectivity index is 0. The minimum Gasteiger partial charge on any atom is -0.303 e. The number of halogens is 2. The average molecular weight is 269 g/mol. The predicted octanol–water partition coefficient (Wildman–Crippen LogP) is 0.179.